The molecule has 3 N–H and O–H groups in total. The van der Waals surface area contributed by atoms with E-state index in [4.69, 9.17) is 5.73 Å². The average Bonchev–Trinajstić information content (AvgIpc) is 3.12. The lowest BCUT2D eigenvalue weighted by Crippen LogP contribution is -2.29. The average molecular weight is 249 g/mol. The van der Waals surface area contributed by atoms with Crippen LogP contribution in [0.2, 0.25) is 0 Å². The Bertz CT molecular complexity index is 471. The van der Waals surface area contributed by atoms with Crippen LogP contribution in [0.1, 0.15) is 19.3 Å². The number of nitrogens with two attached hydrogens (primary N) is 1. The Morgan fingerprint density at radius 1 is 1.50 bits per heavy atom. The molecule has 6 nitrogen and oxygen atoms in total. The summed E-state index contributed by atoms with van der Waals surface area (Å²) in [7, 11) is 0. The molecule has 1 atom stereocenters. The highest BCUT2D eigenvalue weighted by atomic mass is 16.6. The molecule has 96 valence electrons. The number of nitrogens with zero attached hydrogens (tertiary/aromatic N) is 1. The van der Waals surface area contributed by atoms with Crippen molar-refractivity contribution in [3.8, 4) is 0 Å². The predicted molar refractivity (Wildman–Crippen MR) is 67.0 cm³/mol. The predicted octanol–water partition coefficient (Wildman–Crippen LogP) is 1.66. The number of amides is 1. The van der Waals surface area contributed by atoms with E-state index in [1.165, 1.54) is 12.1 Å². The first-order valence-electron chi connectivity index (χ1n) is 5.87. The Morgan fingerprint density at radius 3 is 2.78 bits per heavy atom. The van der Waals surface area contributed by atoms with E-state index in [1.807, 2.05) is 0 Å². The standard InChI is InChI=1S/C12H15N3O3/c13-9(8-5-6-8)7-12(16)14-10-3-1-2-4-11(10)15(17)18/h1-4,8-9H,5-7,13H2,(H,14,16). The van der Waals surface area contributed by atoms with Gasteiger partial charge in [-0.15, -0.1) is 0 Å². The molecule has 18 heavy (non-hydrogen) atoms. The normalized spacial score (nSPS) is 16.1. The van der Waals surface area contributed by atoms with E-state index in [0.29, 0.717) is 5.92 Å². The number of anilines is 1. The zero-order chi connectivity index (χ0) is 13.1. The van der Waals surface area contributed by atoms with E-state index in [0.717, 1.165) is 12.8 Å². The number of carbonyl (C=O) groups is 1. The van der Waals surface area contributed by atoms with Crippen LogP contribution in [0, 0.1) is 16.0 Å². The molecule has 0 aromatic heterocycles. The second kappa shape index (κ2) is 5.14. The van der Waals surface area contributed by atoms with Crippen molar-refractivity contribution in [1.82, 2.24) is 0 Å². The van der Waals surface area contributed by atoms with Crippen molar-refractivity contribution in [1.29, 1.82) is 0 Å². The van der Waals surface area contributed by atoms with Crippen LogP contribution < -0.4 is 11.1 Å². The number of hydrogen-bond donors (Lipinski definition) is 2. The van der Waals surface area contributed by atoms with E-state index in [9.17, 15) is 14.9 Å². The van der Waals surface area contributed by atoms with Gasteiger partial charge in [0.05, 0.1) is 4.92 Å². The molecule has 1 aromatic rings. The van der Waals surface area contributed by atoms with E-state index < -0.39 is 4.92 Å². The first-order valence-corrected chi connectivity index (χ1v) is 5.87. The fourth-order valence-electron chi connectivity index (χ4n) is 1.84. The van der Waals surface area contributed by atoms with Gasteiger partial charge in [0.1, 0.15) is 5.69 Å². The van der Waals surface area contributed by atoms with E-state index in [1.54, 1.807) is 12.1 Å². The van der Waals surface area contributed by atoms with Crippen LogP contribution in [0.5, 0.6) is 0 Å². The number of nitro groups is 1. The maximum atomic E-state index is 11.7. The summed E-state index contributed by atoms with van der Waals surface area (Å²) in [6.07, 6.45) is 2.34. The Labute approximate surface area is 104 Å². The molecule has 2 rings (SSSR count). The fraction of sp³-hybridized carbons (Fsp3) is 0.417. The van der Waals surface area contributed by atoms with E-state index in [2.05, 4.69) is 5.32 Å². The molecule has 1 aromatic carbocycles. The summed E-state index contributed by atoms with van der Waals surface area (Å²) in [4.78, 5) is 22.0. The molecule has 1 saturated carbocycles. The quantitative estimate of drug-likeness (QED) is 0.612. The third-order valence-electron chi connectivity index (χ3n) is 3.02. The molecule has 0 bridgehead atoms. The van der Waals surface area contributed by atoms with Gasteiger partial charge in [0.25, 0.3) is 5.69 Å². The van der Waals surface area contributed by atoms with Crippen molar-refractivity contribution in [2.75, 3.05) is 5.32 Å². The lowest BCUT2D eigenvalue weighted by molar-refractivity contribution is -0.383. The van der Waals surface area contributed by atoms with Crippen molar-refractivity contribution in [3.63, 3.8) is 0 Å². The summed E-state index contributed by atoms with van der Waals surface area (Å²) in [5.41, 5.74) is 5.95. The van der Waals surface area contributed by atoms with Crippen molar-refractivity contribution in [3.05, 3.63) is 34.4 Å². The maximum Gasteiger partial charge on any atom is 0.292 e. The minimum Gasteiger partial charge on any atom is -0.327 e. The number of benzene rings is 1. The van der Waals surface area contributed by atoms with Crippen molar-refractivity contribution in [2.24, 2.45) is 11.7 Å². The van der Waals surface area contributed by atoms with Crippen LogP contribution in [0.25, 0.3) is 0 Å². The number of carbonyl (C=O) groups excluding carboxylic acids is 1. The van der Waals surface area contributed by atoms with Crippen molar-refractivity contribution >= 4 is 17.3 Å². The summed E-state index contributed by atoms with van der Waals surface area (Å²) in [5.74, 6) is 0.158. The zero-order valence-electron chi connectivity index (χ0n) is 9.83. The topological polar surface area (TPSA) is 98.3 Å². The fourth-order valence-corrected chi connectivity index (χ4v) is 1.84. The van der Waals surface area contributed by atoms with Crippen LogP contribution in [0.15, 0.2) is 24.3 Å². The third-order valence-corrected chi connectivity index (χ3v) is 3.02. The lowest BCUT2D eigenvalue weighted by Gasteiger charge is -2.10. The van der Waals surface area contributed by atoms with Gasteiger partial charge in [0.2, 0.25) is 5.91 Å². The largest absolute Gasteiger partial charge is 0.327 e. The summed E-state index contributed by atoms with van der Waals surface area (Å²) < 4.78 is 0. The lowest BCUT2D eigenvalue weighted by atomic mass is 10.1. The third kappa shape index (κ3) is 3.04. The number of para-hydroxylation sites is 2. The monoisotopic (exact) mass is 249 g/mol. The molecule has 0 aliphatic heterocycles. The molecular weight excluding hydrogens is 234 g/mol. The molecule has 1 amide bonds. The van der Waals surface area contributed by atoms with Gasteiger partial charge in [-0.05, 0) is 24.8 Å². The highest BCUT2D eigenvalue weighted by Gasteiger charge is 2.30. The van der Waals surface area contributed by atoms with Gasteiger partial charge in [0.15, 0.2) is 0 Å². The SMILES string of the molecule is NC(CC(=O)Nc1ccccc1[N+](=O)[O-])C1CC1. The van der Waals surface area contributed by atoms with Crippen LogP contribution in [-0.4, -0.2) is 16.9 Å². The molecular formula is C12H15N3O3. The summed E-state index contributed by atoms with van der Waals surface area (Å²) in [6, 6.07) is 5.93. The molecule has 1 fully saturated rings. The molecule has 1 unspecified atom stereocenters. The van der Waals surface area contributed by atoms with Crippen molar-refractivity contribution in [2.45, 2.75) is 25.3 Å². The first-order chi connectivity index (χ1) is 8.58. The highest BCUT2D eigenvalue weighted by molar-refractivity contribution is 5.93. The van der Waals surface area contributed by atoms with Crippen LogP contribution in [-0.2, 0) is 4.79 Å². The second-order valence-electron chi connectivity index (χ2n) is 4.53. The van der Waals surface area contributed by atoms with Crippen molar-refractivity contribution < 1.29 is 9.72 Å². The summed E-state index contributed by atoms with van der Waals surface area (Å²) in [5, 5.41) is 13.3. The van der Waals surface area contributed by atoms with Crippen LogP contribution >= 0.6 is 0 Å². The zero-order valence-corrected chi connectivity index (χ0v) is 9.83. The molecule has 0 spiro atoms. The number of rotatable bonds is 5. The smallest absolute Gasteiger partial charge is 0.292 e. The molecule has 1 aliphatic carbocycles. The van der Waals surface area contributed by atoms with Crippen LogP contribution in [0.4, 0.5) is 11.4 Å². The van der Waals surface area contributed by atoms with Gasteiger partial charge >= 0.3 is 0 Å². The molecule has 0 radical (unpaired) electrons. The Morgan fingerprint density at radius 2 is 2.17 bits per heavy atom. The second-order valence-corrected chi connectivity index (χ2v) is 4.53. The number of nitro benzene ring substituents is 1. The molecule has 1 aliphatic rings. The van der Waals surface area contributed by atoms with Crippen LogP contribution in [0.3, 0.4) is 0 Å². The first kappa shape index (κ1) is 12.5. The van der Waals surface area contributed by atoms with Gasteiger partial charge in [-0.2, -0.15) is 0 Å². The maximum absolute atomic E-state index is 11.7. The number of hydrogen-bond acceptors (Lipinski definition) is 4. The molecule has 0 saturated heterocycles. The summed E-state index contributed by atoms with van der Waals surface area (Å²) in [6.45, 7) is 0. The van der Waals surface area contributed by atoms with E-state index in [-0.39, 0.29) is 29.7 Å². The Kier molecular flexibility index (Phi) is 3.57. The Balaban J connectivity index is 1.99. The van der Waals surface area contributed by atoms with Gasteiger partial charge in [0, 0.05) is 18.5 Å². The summed E-state index contributed by atoms with van der Waals surface area (Å²) >= 11 is 0. The minimum atomic E-state index is -0.517. The van der Waals surface area contributed by atoms with E-state index >= 15 is 0 Å². The molecule has 0 heterocycles. The number of nitrogens with one attached hydrogen (secondary N) is 1. The molecule has 6 heteroatoms. The van der Waals surface area contributed by atoms with Gasteiger partial charge in [-0.1, -0.05) is 12.1 Å². The Hall–Kier alpha value is -1.95. The van der Waals surface area contributed by atoms with Gasteiger partial charge in [-0.3, -0.25) is 14.9 Å². The highest BCUT2D eigenvalue weighted by Crippen LogP contribution is 2.33. The van der Waals surface area contributed by atoms with Gasteiger partial charge in [-0.25, -0.2) is 0 Å². The minimum absolute atomic E-state index is 0.106. The van der Waals surface area contributed by atoms with Gasteiger partial charge < -0.3 is 11.1 Å².